The molecule has 9 heteroatoms. The molecule has 46 heavy (non-hydrogen) atoms. The van der Waals surface area contributed by atoms with Crippen LogP contribution in [0, 0.1) is 12.7 Å². The van der Waals surface area contributed by atoms with E-state index in [1.165, 1.54) is 11.1 Å². The number of fused-ring (bicyclic) bond motifs is 1. The number of hydrogen-bond donors (Lipinski definition) is 2. The maximum absolute atomic E-state index is 13.1. The number of carboxylic acid groups (broad SMARTS) is 1. The van der Waals surface area contributed by atoms with E-state index < -0.39 is 5.97 Å². The normalized spacial score (nSPS) is 14.7. The molecule has 0 saturated carbocycles. The molecule has 1 fully saturated rings. The van der Waals surface area contributed by atoms with E-state index in [1.54, 1.807) is 12.1 Å². The van der Waals surface area contributed by atoms with Crippen molar-refractivity contribution in [1.82, 2.24) is 4.90 Å². The largest absolute Gasteiger partial charge is 0.494 e. The molecule has 8 nitrogen and oxygen atoms in total. The van der Waals surface area contributed by atoms with Crippen molar-refractivity contribution in [3.8, 4) is 17.2 Å². The monoisotopic (exact) mass is 638 g/mol. The third-order valence-corrected chi connectivity index (χ3v) is 7.41. The second kappa shape index (κ2) is 20.8. The lowest BCUT2D eigenvalue weighted by molar-refractivity contribution is -0.134. The summed E-state index contributed by atoms with van der Waals surface area (Å²) in [6, 6.07) is 17.5. The summed E-state index contributed by atoms with van der Waals surface area (Å²) in [7, 11) is 1.88. The standard InChI is InChI=1S/C14H17NO3.C11H16FN.C10H14O.C2H4O2/c16-6-5-15-4-3-12(10-15)11-1-2-13-14(9-11)18-8-7-17-13;1-4-8-6-10(12)7-9(5-2)11(8)13-3;1-3-8-11-10-6-4-9(2)5-7-10;1-2(3)4/h1-2,6,9,12H,3-5,7-8,10H2;6-7,13H,4-5H2,1-3H3;4-7H,3,8H2,1-2H3;1H3,(H,3,4)/t12-;;;/m1.../s1. The van der Waals surface area contributed by atoms with Crippen molar-refractivity contribution in [2.75, 3.05) is 51.8 Å². The van der Waals surface area contributed by atoms with Gasteiger partial charge in [-0.1, -0.05) is 44.5 Å². The van der Waals surface area contributed by atoms with Crippen molar-refractivity contribution in [3.63, 3.8) is 0 Å². The van der Waals surface area contributed by atoms with Crippen LogP contribution in [0.3, 0.4) is 0 Å². The van der Waals surface area contributed by atoms with Gasteiger partial charge in [0.25, 0.3) is 5.97 Å². The van der Waals surface area contributed by atoms with E-state index in [0.717, 1.165) is 92.7 Å². The van der Waals surface area contributed by atoms with Crippen molar-refractivity contribution in [3.05, 3.63) is 82.7 Å². The molecule has 0 amide bonds. The highest BCUT2D eigenvalue weighted by Crippen LogP contribution is 2.35. The number of aldehydes is 1. The van der Waals surface area contributed by atoms with Crippen molar-refractivity contribution < 1.29 is 33.3 Å². The SMILES string of the molecule is CC(=O)O.CCCOc1ccc(C)cc1.CCc1cc(F)cc(CC)c1NC.O=CCN1CC[C@@H](c2ccc3c(c2)OCCO3)C1. The zero-order chi connectivity index (χ0) is 33.9. The lowest BCUT2D eigenvalue weighted by Crippen LogP contribution is -2.22. The highest BCUT2D eigenvalue weighted by Gasteiger charge is 2.24. The Morgan fingerprint density at radius 2 is 1.63 bits per heavy atom. The summed E-state index contributed by atoms with van der Waals surface area (Å²) in [6.07, 6.45) is 4.87. The second-order valence-corrected chi connectivity index (χ2v) is 11.1. The number of benzene rings is 3. The number of ether oxygens (including phenoxy) is 3. The number of aryl methyl sites for hydroxylation is 3. The van der Waals surface area contributed by atoms with Crippen LogP contribution < -0.4 is 19.5 Å². The number of aliphatic carboxylic acids is 1. The average Bonchev–Trinajstić information content (AvgIpc) is 3.53. The van der Waals surface area contributed by atoms with Gasteiger partial charge in [-0.05, 0) is 98.2 Å². The predicted octanol–water partition coefficient (Wildman–Crippen LogP) is 7.31. The van der Waals surface area contributed by atoms with E-state index >= 15 is 0 Å². The van der Waals surface area contributed by atoms with Crippen LogP contribution in [0.5, 0.6) is 17.2 Å². The molecular weight excluding hydrogens is 587 g/mol. The van der Waals surface area contributed by atoms with Gasteiger partial charge < -0.3 is 29.4 Å². The van der Waals surface area contributed by atoms with E-state index in [9.17, 15) is 9.18 Å². The first kappa shape index (κ1) is 38.1. The summed E-state index contributed by atoms with van der Waals surface area (Å²) < 4.78 is 29.6. The van der Waals surface area contributed by atoms with Gasteiger partial charge >= 0.3 is 0 Å². The van der Waals surface area contributed by atoms with Crippen LogP contribution in [0.1, 0.15) is 68.7 Å². The summed E-state index contributed by atoms with van der Waals surface area (Å²) in [6.45, 7) is 13.9. The maximum Gasteiger partial charge on any atom is 0.300 e. The molecule has 252 valence electrons. The van der Waals surface area contributed by atoms with Crippen LogP contribution in [-0.4, -0.2) is 68.8 Å². The maximum atomic E-state index is 13.1. The Bertz CT molecular complexity index is 1320. The minimum Gasteiger partial charge on any atom is -0.494 e. The highest BCUT2D eigenvalue weighted by atomic mass is 19.1. The van der Waals surface area contributed by atoms with Crippen molar-refractivity contribution in [1.29, 1.82) is 0 Å². The van der Waals surface area contributed by atoms with Gasteiger partial charge in [-0.2, -0.15) is 0 Å². The van der Waals surface area contributed by atoms with Gasteiger partial charge in [-0.15, -0.1) is 0 Å². The molecule has 3 aromatic carbocycles. The number of rotatable bonds is 9. The van der Waals surface area contributed by atoms with E-state index in [-0.39, 0.29) is 5.82 Å². The summed E-state index contributed by atoms with van der Waals surface area (Å²) in [4.78, 5) is 21.7. The quantitative estimate of drug-likeness (QED) is 0.236. The first-order valence-corrected chi connectivity index (χ1v) is 16.1. The van der Waals surface area contributed by atoms with Gasteiger partial charge in [0.15, 0.2) is 11.5 Å². The zero-order valence-corrected chi connectivity index (χ0v) is 28.2. The number of carbonyl (C=O) groups excluding carboxylic acids is 1. The summed E-state index contributed by atoms with van der Waals surface area (Å²) in [5, 5.41) is 10.5. The Kier molecular flexibility index (Phi) is 17.2. The third-order valence-electron chi connectivity index (χ3n) is 7.41. The Morgan fingerprint density at radius 3 is 2.17 bits per heavy atom. The molecule has 0 unspecified atom stereocenters. The molecule has 2 aliphatic rings. The van der Waals surface area contributed by atoms with Crippen molar-refractivity contribution in [2.24, 2.45) is 0 Å². The molecule has 0 radical (unpaired) electrons. The summed E-state index contributed by atoms with van der Waals surface area (Å²) in [5.74, 6) is 2.20. The van der Waals surface area contributed by atoms with E-state index in [1.807, 2.05) is 39.1 Å². The fourth-order valence-corrected chi connectivity index (χ4v) is 5.15. The zero-order valence-electron chi connectivity index (χ0n) is 28.2. The van der Waals surface area contributed by atoms with Gasteiger partial charge in [-0.3, -0.25) is 9.69 Å². The summed E-state index contributed by atoms with van der Waals surface area (Å²) in [5.41, 5.74) is 5.76. The molecule has 2 N–H and O–H groups in total. The molecule has 2 heterocycles. The van der Waals surface area contributed by atoms with E-state index in [2.05, 4.69) is 48.3 Å². The first-order valence-electron chi connectivity index (χ1n) is 16.1. The average molecular weight is 639 g/mol. The molecular formula is C37H51FN2O6. The van der Waals surface area contributed by atoms with Gasteiger partial charge in [0.05, 0.1) is 13.2 Å². The van der Waals surface area contributed by atoms with Crippen LogP contribution in [0.2, 0.25) is 0 Å². The Hall–Kier alpha value is -4.11. The van der Waals surface area contributed by atoms with Gasteiger partial charge in [0.1, 0.15) is 31.1 Å². The fraction of sp³-hybridized carbons (Fsp3) is 0.459. The molecule has 1 saturated heterocycles. The number of hydrogen-bond acceptors (Lipinski definition) is 7. The fourth-order valence-electron chi connectivity index (χ4n) is 5.15. The third kappa shape index (κ3) is 13.1. The minimum atomic E-state index is -0.833. The van der Waals surface area contributed by atoms with Crippen LogP contribution >= 0.6 is 0 Å². The molecule has 2 aliphatic heterocycles. The molecule has 0 bridgehead atoms. The van der Waals surface area contributed by atoms with Crippen LogP contribution in [0.4, 0.5) is 10.1 Å². The molecule has 0 aliphatic carbocycles. The Morgan fingerprint density at radius 1 is 1.02 bits per heavy atom. The molecule has 5 rings (SSSR count). The number of nitrogens with zero attached hydrogens (tertiary/aromatic N) is 1. The lowest BCUT2D eigenvalue weighted by Gasteiger charge is -2.20. The minimum absolute atomic E-state index is 0.132. The summed E-state index contributed by atoms with van der Waals surface area (Å²) >= 11 is 0. The molecule has 0 spiro atoms. The van der Waals surface area contributed by atoms with Gasteiger partial charge in [-0.25, -0.2) is 4.39 Å². The molecule has 0 aromatic heterocycles. The second-order valence-electron chi connectivity index (χ2n) is 11.1. The van der Waals surface area contributed by atoms with Crippen LogP contribution in [0.15, 0.2) is 54.6 Å². The smallest absolute Gasteiger partial charge is 0.300 e. The van der Waals surface area contributed by atoms with Gasteiger partial charge in [0.2, 0.25) is 0 Å². The number of likely N-dealkylation sites (tertiary alicyclic amines) is 1. The van der Waals surface area contributed by atoms with Crippen molar-refractivity contribution in [2.45, 2.75) is 66.2 Å². The Balaban J connectivity index is 0.000000234. The molecule has 3 aromatic rings. The first-order chi connectivity index (χ1) is 22.1. The number of carboxylic acids is 1. The highest BCUT2D eigenvalue weighted by molar-refractivity contribution is 5.63. The number of anilines is 1. The van der Waals surface area contributed by atoms with Gasteiger partial charge in [0, 0.05) is 26.2 Å². The van der Waals surface area contributed by atoms with Crippen molar-refractivity contribution >= 4 is 17.9 Å². The van der Waals surface area contributed by atoms with E-state index in [0.29, 0.717) is 25.7 Å². The number of carbonyl (C=O) groups is 2. The lowest BCUT2D eigenvalue weighted by atomic mass is 9.98. The van der Waals surface area contributed by atoms with E-state index in [4.69, 9.17) is 24.1 Å². The number of nitrogens with one attached hydrogen (secondary N) is 1. The Labute approximate surface area is 273 Å². The van der Waals surface area contributed by atoms with Crippen LogP contribution in [-0.2, 0) is 22.4 Å². The molecule has 1 atom stereocenters. The predicted molar refractivity (Wildman–Crippen MR) is 182 cm³/mol. The number of halogens is 1. The van der Waals surface area contributed by atoms with Crippen LogP contribution in [0.25, 0.3) is 0 Å². The topological polar surface area (TPSA) is 97.3 Å².